The van der Waals surface area contributed by atoms with Crippen LogP contribution < -0.4 is 0 Å². The summed E-state index contributed by atoms with van der Waals surface area (Å²) in [5.41, 5.74) is -0.222. The lowest BCUT2D eigenvalue weighted by Gasteiger charge is -2.46. The first kappa shape index (κ1) is 25.6. The predicted octanol–water partition coefficient (Wildman–Crippen LogP) is 0.887. The molecule has 1 saturated heterocycles. The molecular weight excluding hydrogens is 496 g/mol. The van der Waals surface area contributed by atoms with Crippen molar-refractivity contribution in [1.82, 2.24) is 4.90 Å². The van der Waals surface area contributed by atoms with Crippen LogP contribution in [0.3, 0.4) is 0 Å². The number of β-lactam (4-membered cyclic amide) rings is 1. The number of carboxylic acids is 1. The van der Waals surface area contributed by atoms with Gasteiger partial charge in [0.2, 0.25) is 5.91 Å². The number of esters is 1. The molecule has 2 heterocycles. The lowest BCUT2D eigenvalue weighted by molar-refractivity contribution is -0.161. The number of aromatic hydroxyl groups is 2. The molecule has 2 aliphatic rings. The Bertz CT molecular complexity index is 1130. The molecule has 4 atom stereocenters. The molecule has 0 bridgehead atoms. The van der Waals surface area contributed by atoms with Crippen molar-refractivity contribution in [3.05, 3.63) is 22.7 Å². The van der Waals surface area contributed by atoms with Crippen LogP contribution in [-0.4, -0.2) is 81.7 Å². The van der Waals surface area contributed by atoms with E-state index < -0.39 is 63.0 Å². The zero-order chi connectivity index (χ0) is 25.4. The molecule has 1 unspecified atom stereocenters. The fourth-order valence-electron chi connectivity index (χ4n) is 3.94. The van der Waals surface area contributed by atoms with Crippen LogP contribution in [0.1, 0.15) is 43.5 Å². The Kier molecular flexibility index (Phi) is 7.26. The fourth-order valence-corrected chi connectivity index (χ4v) is 4.95. The normalized spacial score (nSPS) is 22.4. The van der Waals surface area contributed by atoms with Gasteiger partial charge in [-0.15, -0.1) is 0 Å². The average molecular weight is 519 g/mol. The highest BCUT2D eigenvalue weighted by molar-refractivity contribution is 7.75. The molecule has 1 aromatic rings. The van der Waals surface area contributed by atoms with Crippen molar-refractivity contribution in [2.45, 2.75) is 56.0 Å². The number of likely N-dealkylation sites (tertiary alicyclic amines) is 1. The third-order valence-corrected chi connectivity index (χ3v) is 7.61. The molecule has 0 aromatic heterocycles. The smallest absolute Gasteiger partial charge is 0.339 e. The first-order valence-corrected chi connectivity index (χ1v) is 11.7. The SMILES string of the molecule is C[C@@H]1CC(=O)N1[C@@H](C(=O)O)[C@](C)(C1=NOC(CCOC(=O)c2ccc(O)c(O)c2Cl)C1)[SH](=O)=O. The van der Waals surface area contributed by atoms with Gasteiger partial charge < -0.3 is 29.8 Å². The summed E-state index contributed by atoms with van der Waals surface area (Å²) < 4.78 is 27.6. The monoisotopic (exact) mass is 518 g/mol. The van der Waals surface area contributed by atoms with Gasteiger partial charge in [0.25, 0.3) is 0 Å². The van der Waals surface area contributed by atoms with Crippen molar-refractivity contribution in [1.29, 1.82) is 0 Å². The van der Waals surface area contributed by atoms with Crippen LogP contribution in [0.5, 0.6) is 11.5 Å². The Morgan fingerprint density at radius 3 is 2.59 bits per heavy atom. The summed E-state index contributed by atoms with van der Waals surface area (Å²) in [6.07, 6.45) is -0.559. The quantitative estimate of drug-likeness (QED) is 0.158. The van der Waals surface area contributed by atoms with E-state index in [-0.39, 0.29) is 42.2 Å². The number of carbonyl (C=O) groups is 3. The summed E-state index contributed by atoms with van der Waals surface area (Å²) in [4.78, 5) is 42.5. The van der Waals surface area contributed by atoms with Gasteiger partial charge in [-0.1, -0.05) is 16.8 Å². The molecule has 0 radical (unpaired) electrons. The van der Waals surface area contributed by atoms with Crippen molar-refractivity contribution in [2.24, 2.45) is 5.16 Å². The maximum Gasteiger partial charge on any atom is 0.339 e. The number of carboxylic acid groups (broad SMARTS) is 1. The van der Waals surface area contributed by atoms with Gasteiger partial charge in [-0.25, -0.2) is 18.0 Å². The Balaban J connectivity index is 1.66. The number of hydrogen-bond donors (Lipinski definition) is 4. The van der Waals surface area contributed by atoms with E-state index in [0.717, 1.165) is 11.0 Å². The molecule has 3 rings (SSSR count). The van der Waals surface area contributed by atoms with E-state index in [4.69, 9.17) is 21.2 Å². The van der Waals surface area contributed by atoms with Crippen LogP contribution >= 0.6 is 11.6 Å². The molecule has 3 N–H and O–H groups in total. The lowest BCUT2D eigenvalue weighted by atomic mass is 9.86. The zero-order valence-corrected chi connectivity index (χ0v) is 19.8. The molecule has 1 fully saturated rings. The molecule has 2 aliphatic heterocycles. The number of carbonyl (C=O) groups excluding carboxylic acids is 2. The Hall–Kier alpha value is -3.06. The highest BCUT2D eigenvalue weighted by atomic mass is 35.5. The van der Waals surface area contributed by atoms with Gasteiger partial charge in [0.1, 0.15) is 15.9 Å². The molecule has 1 aromatic carbocycles. The minimum atomic E-state index is -3.38. The van der Waals surface area contributed by atoms with Crippen LogP contribution in [0.4, 0.5) is 0 Å². The van der Waals surface area contributed by atoms with E-state index in [9.17, 15) is 38.1 Å². The van der Waals surface area contributed by atoms with E-state index >= 15 is 0 Å². The van der Waals surface area contributed by atoms with Crippen molar-refractivity contribution in [3.8, 4) is 11.5 Å². The summed E-state index contributed by atoms with van der Waals surface area (Å²) in [6, 6.07) is 0.138. The van der Waals surface area contributed by atoms with Gasteiger partial charge >= 0.3 is 11.9 Å². The summed E-state index contributed by atoms with van der Waals surface area (Å²) in [6.45, 7) is 2.63. The highest BCUT2D eigenvalue weighted by Crippen LogP contribution is 2.36. The maximum atomic E-state index is 12.2. The first-order valence-electron chi connectivity index (χ1n) is 10.2. The number of hydrogen-bond acceptors (Lipinski definition) is 10. The van der Waals surface area contributed by atoms with Crippen molar-refractivity contribution < 1.29 is 47.7 Å². The molecule has 186 valence electrons. The Morgan fingerprint density at radius 1 is 1.35 bits per heavy atom. The van der Waals surface area contributed by atoms with Gasteiger partial charge in [0.15, 0.2) is 28.2 Å². The number of amides is 1. The Morgan fingerprint density at radius 2 is 2.03 bits per heavy atom. The molecule has 1 amide bonds. The second-order valence-electron chi connectivity index (χ2n) is 8.19. The van der Waals surface area contributed by atoms with E-state index in [2.05, 4.69) is 5.16 Å². The highest BCUT2D eigenvalue weighted by Gasteiger charge is 2.56. The van der Waals surface area contributed by atoms with Crippen molar-refractivity contribution in [3.63, 3.8) is 0 Å². The zero-order valence-electron chi connectivity index (χ0n) is 18.1. The van der Waals surface area contributed by atoms with Gasteiger partial charge in [-0.05, 0) is 26.0 Å². The third kappa shape index (κ3) is 4.49. The second-order valence-corrected chi connectivity index (χ2v) is 10.0. The number of phenolic OH excluding ortho intramolecular Hbond substituents is 2. The molecule has 34 heavy (non-hydrogen) atoms. The topological polar surface area (TPSA) is 180 Å². The predicted molar refractivity (Wildman–Crippen MR) is 118 cm³/mol. The number of ether oxygens (including phenoxy) is 1. The number of phenols is 2. The fraction of sp³-hybridized carbons (Fsp3) is 0.500. The first-order chi connectivity index (χ1) is 15.9. The van der Waals surface area contributed by atoms with Gasteiger partial charge in [-0.3, -0.25) is 4.79 Å². The molecule has 0 spiro atoms. The van der Waals surface area contributed by atoms with Crippen LogP contribution in [0.15, 0.2) is 17.3 Å². The molecule has 12 nitrogen and oxygen atoms in total. The number of halogens is 1. The van der Waals surface area contributed by atoms with Crippen molar-refractivity contribution >= 4 is 45.9 Å². The number of aliphatic carboxylic acids is 1. The largest absolute Gasteiger partial charge is 0.504 e. The van der Waals surface area contributed by atoms with E-state index in [1.165, 1.54) is 13.0 Å². The summed E-state index contributed by atoms with van der Waals surface area (Å²) in [7, 11) is -3.38. The lowest BCUT2D eigenvalue weighted by Crippen LogP contribution is -2.68. The van der Waals surface area contributed by atoms with Crippen molar-refractivity contribution in [2.75, 3.05) is 6.61 Å². The number of thiol groups is 1. The van der Waals surface area contributed by atoms with E-state index in [1.54, 1.807) is 6.92 Å². The van der Waals surface area contributed by atoms with E-state index in [0.29, 0.717) is 0 Å². The number of oxime groups is 1. The Labute approximate surface area is 200 Å². The van der Waals surface area contributed by atoms with Crippen LogP contribution in [0.25, 0.3) is 0 Å². The minimum absolute atomic E-state index is 0.0502. The van der Waals surface area contributed by atoms with Crippen LogP contribution in [0.2, 0.25) is 5.02 Å². The summed E-state index contributed by atoms with van der Waals surface area (Å²) >= 11 is 5.83. The standard InChI is InChI=1S/C20H23ClN2O10S/c1-9-7-14(25)23(9)17(18(27)28)20(2,34(30)31)13-8-10(33-22-13)5-6-32-19(29)11-3-4-12(24)16(26)15(11)21/h3-4,9-10,17,24,26,34H,5-8H2,1-2H3,(H,27,28)/t9-,10?,17+,20+/m1/s1. The number of benzene rings is 1. The summed E-state index contributed by atoms with van der Waals surface area (Å²) in [5.74, 6) is -3.98. The molecule has 14 heteroatoms. The summed E-state index contributed by atoms with van der Waals surface area (Å²) in [5, 5.41) is 32.2. The average Bonchev–Trinajstić information content (AvgIpc) is 3.24. The molecule has 0 aliphatic carbocycles. The maximum absolute atomic E-state index is 12.2. The second kappa shape index (κ2) is 9.66. The van der Waals surface area contributed by atoms with E-state index in [1.807, 2.05) is 0 Å². The van der Waals surface area contributed by atoms with Crippen LogP contribution in [0, 0.1) is 0 Å². The van der Waals surface area contributed by atoms with Gasteiger partial charge in [-0.2, -0.15) is 0 Å². The number of nitrogens with zero attached hydrogens (tertiary/aromatic N) is 2. The molecule has 0 saturated carbocycles. The minimum Gasteiger partial charge on any atom is -0.504 e. The third-order valence-electron chi connectivity index (χ3n) is 5.96. The number of rotatable bonds is 9. The van der Waals surface area contributed by atoms with Crippen LogP contribution in [-0.2, 0) is 29.9 Å². The van der Waals surface area contributed by atoms with Gasteiger partial charge in [0, 0.05) is 25.3 Å². The molecular formula is C20H23ClN2O10S. The van der Waals surface area contributed by atoms with Gasteiger partial charge in [0.05, 0.1) is 17.9 Å².